The van der Waals surface area contributed by atoms with Gasteiger partial charge in [0.2, 0.25) is 5.91 Å². The average Bonchev–Trinajstić information content (AvgIpc) is 2.45. The predicted molar refractivity (Wildman–Crippen MR) is 75.3 cm³/mol. The normalized spacial score (nSPS) is 15.8. The standard InChI is InChI=1S/C14H19ClN2O/c1-16(2)8-9-17-13-7-6-12(15)10-11(13)4-3-5-14(17)18/h6-7,10H,3-5,8-9H2,1-2H3. The van der Waals surface area contributed by atoms with Crippen molar-refractivity contribution in [2.75, 3.05) is 32.1 Å². The monoisotopic (exact) mass is 266 g/mol. The highest BCUT2D eigenvalue weighted by molar-refractivity contribution is 6.30. The van der Waals surface area contributed by atoms with E-state index in [1.807, 2.05) is 37.2 Å². The van der Waals surface area contributed by atoms with Gasteiger partial charge >= 0.3 is 0 Å². The molecule has 0 N–H and O–H groups in total. The topological polar surface area (TPSA) is 23.6 Å². The lowest BCUT2D eigenvalue weighted by molar-refractivity contribution is -0.118. The van der Waals surface area contributed by atoms with Crippen LogP contribution in [0.3, 0.4) is 0 Å². The van der Waals surface area contributed by atoms with Gasteiger partial charge in [-0.05, 0) is 50.7 Å². The lowest BCUT2D eigenvalue weighted by atomic mass is 10.1. The second kappa shape index (κ2) is 5.72. The molecule has 4 heteroatoms. The average molecular weight is 267 g/mol. The zero-order valence-corrected chi connectivity index (χ0v) is 11.7. The Morgan fingerprint density at radius 1 is 1.33 bits per heavy atom. The van der Waals surface area contributed by atoms with Gasteiger partial charge < -0.3 is 9.80 Å². The quantitative estimate of drug-likeness (QED) is 0.840. The number of anilines is 1. The van der Waals surface area contributed by atoms with Gasteiger partial charge in [0.25, 0.3) is 0 Å². The zero-order chi connectivity index (χ0) is 13.1. The number of aryl methyl sites for hydroxylation is 1. The molecule has 1 aliphatic heterocycles. The van der Waals surface area contributed by atoms with Crippen LogP contribution in [0, 0.1) is 0 Å². The van der Waals surface area contributed by atoms with E-state index in [9.17, 15) is 4.79 Å². The van der Waals surface area contributed by atoms with Crippen molar-refractivity contribution in [1.82, 2.24) is 4.90 Å². The first kappa shape index (κ1) is 13.4. The maximum Gasteiger partial charge on any atom is 0.227 e. The molecule has 1 amide bonds. The van der Waals surface area contributed by atoms with Crippen molar-refractivity contribution in [3.05, 3.63) is 28.8 Å². The molecule has 1 aliphatic rings. The summed E-state index contributed by atoms with van der Waals surface area (Å²) in [5.41, 5.74) is 2.22. The molecule has 0 atom stereocenters. The van der Waals surface area contributed by atoms with Crippen molar-refractivity contribution in [1.29, 1.82) is 0 Å². The Balaban J connectivity index is 2.28. The van der Waals surface area contributed by atoms with Crippen molar-refractivity contribution in [3.63, 3.8) is 0 Å². The zero-order valence-electron chi connectivity index (χ0n) is 10.9. The molecule has 3 nitrogen and oxygen atoms in total. The third kappa shape index (κ3) is 3.03. The van der Waals surface area contributed by atoms with Crippen molar-refractivity contribution in [2.24, 2.45) is 0 Å². The number of hydrogen-bond acceptors (Lipinski definition) is 2. The van der Waals surface area contributed by atoms with Crippen molar-refractivity contribution in [3.8, 4) is 0 Å². The summed E-state index contributed by atoms with van der Waals surface area (Å²) >= 11 is 6.03. The Bertz CT molecular complexity index is 445. The van der Waals surface area contributed by atoms with Crippen molar-refractivity contribution >= 4 is 23.2 Å². The largest absolute Gasteiger partial charge is 0.311 e. The van der Waals surface area contributed by atoms with E-state index in [-0.39, 0.29) is 5.91 Å². The molecule has 0 bridgehead atoms. The van der Waals surface area contributed by atoms with Crippen LogP contribution in [0.1, 0.15) is 18.4 Å². The number of benzene rings is 1. The van der Waals surface area contributed by atoms with Crippen LogP contribution in [0.5, 0.6) is 0 Å². The number of carbonyl (C=O) groups excluding carboxylic acids is 1. The molecule has 1 aromatic rings. The van der Waals surface area contributed by atoms with E-state index >= 15 is 0 Å². The van der Waals surface area contributed by atoms with Crippen LogP contribution < -0.4 is 4.90 Å². The third-order valence-electron chi connectivity index (χ3n) is 3.24. The molecule has 18 heavy (non-hydrogen) atoms. The molecule has 0 aromatic heterocycles. The minimum Gasteiger partial charge on any atom is -0.311 e. The summed E-state index contributed by atoms with van der Waals surface area (Å²) in [4.78, 5) is 16.1. The molecule has 2 rings (SSSR count). The molecule has 0 spiro atoms. The number of carbonyl (C=O) groups is 1. The fourth-order valence-corrected chi connectivity index (χ4v) is 2.46. The summed E-state index contributed by atoms with van der Waals surface area (Å²) in [6.07, 6.45) is 2.46. The Kier molecular flexibility index (Phi) is 4.25. The van der Waals surface area contributed by atoms with E-state index in [1.54, 1.807) is 0 Å². The second-order valence-corrected chi connectivity index (χ2v) is 5.41. The van der Waals surface area contributed by atoms with E-state index < -0.39 is 0 Å². The van der Waals surface area contributed by atoms with E-state index in [0.29, 0.717) is 6.42 Å². The summed E-state index contributed by atoms with van der Waals surface area (Å²) in [6, 6.07) is 5.82. The van der Waals surface area contributed by atoms with Gasteiger partial charge in [0.1, 0.15) is 0 Å². The van der Waals surface area contributed by atoms with Crippen molar-refractivity contribution in [2.45, 2.75) is 19.3 Å². The molecule has 0 saturated heterocycles. The molecular weight excluding hydrogens is 248 g/mol. The summed E-state index contributed by atoms with van der Waals surface area (Å²) in [5.74, 6) is 0.220. The maximum atomic E-state index is 12.1. The number of hydrogen-bond donors (Lipinski definition) is 0. The molecule has 1 aromatic carbocycles. The highest BCUT2D eigenvalue weighted by Crippen LogP contribution is 2.29. The number of nitrogens with zero attached hydrogens (tertiary/aromatic N) is 2. The molecule has 0 fully saturated rings. The van der Waals surface area contributed by atoms with Crippen LogP contribution in [0.15, 0.2) is 18.2 Å². The molecule has 0 radical (unpaired) electrons. The first-order valence-corrected chi connectivity index (χ1v) is 6.69. The molecule has 1 heterocycles. The Labute approximate surface area is 113 Å². The highest BCUT2D eigenvalue weighted by atomic mass is 35.5. The number of likely N-dealkylation sites (N-methyl/N-ethyl adjacent to an activating group) is 1. The lowest BCUT2D eigenvalue weighted by Crippen LogP contribution is -2.36. The van der Waals surface area contributed by atoms with Crippen LogP contribution in [-0.2, 0) is 11.2 Å². The van der Waals surface area contributed by atoms with Gasteiger partial charge in [0, 0.05) is 30.2 Å². The number of rotatable bonds is 3. The lowest BCUT2D eigenvalue weighted by Gasteiger charge is -2.24. The first-order valence-electron chi connectivity index (χ1n) is 6.31. The number of fused-ring (bicyclic) bond motifs is 1. The third-order valence-corrected chi connectivity index (χ3v) is 3.48. The van der Waals surface area contributed by atoms with E-state index in [1.165, 1.54) is 5.56 Å². The van der Waals surface area contributed by atoms with Gasteiger partial charge in [-0.3, -0.25) is 4.79 Å². The maximum absolute atomic E-state index is 12.1. The van der Waals surface area contributed by atoms with Gasteiger partial charge in [-0.2, -0.15) is 0 Å². The highest BCUT2D eigenvalue weighted by Gasteiger charge is 2.21. The van der Waals surface area contributed by atoms with E-state index in [4.69, 9.17) is 11.6 Å². The summed E-state index contributed by atoms with van der Waals surface area (Å²) in [7, 11) is 4.04. The number of halogens is 1. The van der Waals surface area contributed by atoms with Gasteiger partial charge in [-0.25, -0.2) is 0 Å². The molecular formula is C14H19ClN2O. The summed E-state index contributed by atoms with van der Waals surface area (Å²) in [5, 5.41) is 0.746. The Morgan fingerprint density at radius 2 is 2.11 bits per heavy atom. The molecule has 98 valence electrons. The predicted octanol–water partition coefficient (Wildman–Crippen LogP) is 2.57. The van der Waals surface area contributed by atoms with Crippen LogP contribution in [0.2, 0.25) is 5.02 Å². The van der Waals surface area contributed by atoms with Gasteiger partial charge in [-0.15, -0.1) is 0 Å². The Morgan fingerprint density at radius 3 is 2.83 bits per heavy atom. The number of amides is 1. The smallest absolute Gasteiger partial charge is 0.227 e. The van der Waals surface area contributed by atoms with Gasteiger partial charge in [0.15, 0.2) is 0 Å². The van der Waals surface area contributed by atoms with E-state index in [2.05, 4.69) is 4.90 Å². The fraction of sp³-hybridized carbons (Fsp3) is 0.500. The van der Waals surface area contributed by atoms with Crippen molar-refractivity contribution < 1.29 is 4.79 Å². The van der Waals surface area contributed by atoms with Crippen LogP contribution >= 0.6 is 11.6 Å². The summed E-state index contributed by atoms with van der Waals surface area (Å²) < 4.78 is 0. The molecule has 0 saturated carbocycles. The molecule has 0 unspecified atom stereocenters. The second-order valence-electron chi connectivity index (χ2n) is 4.98. The fourth-order valence-electron chi connectivity index (χ4n) is 2.26. The summed E-state index contributed by atoms with van der Waals surface area (Å²) in [6.45, 7) is 1.61. The van der Waals surface area contributed by atoms with Gasteiger partial charge in [-0.1, -0.05) is 11.6 Å². The first-order chi connectivity index (χ1) is 8.58. The van der Waals surface area contributed by atoms with Gasteiger partial charge in [0.05, 0.1) is 0 Å². The minimum atomic E-state index is 0.220. The van der Waals surface area contributed by atoms with Crippen LogP contribution in [0.4, 0.5) is 5.69 Å². The van der Waals surface area contributed by atoms with Crippen LogP contribution in [-0.4, -0.2) is 38.0 Å². The molecule has 0 aliphatic carbocycles. The van der Waals surface area contributed by atoms with E-state index in [0.717, 1.165) is 36.6 Å². The Hall–Kier alpha value is -1.06. The SMILES string of the molecule is CN(C)CCN1C(=O)CCCc2cc(Cl)ccc21. The minimum absolute atomic E-state index is 0.220. The van der Waals surface area contributed by atoms with Crippen LogP contribution in [0.25, 0.3) is 0 Å².